The van der Waals surface area contributed by atoms with Crippen molar-refractivity contribution in [3.05, 3.63) is 88.5 Å². The lowest BCUT2D eigenvalue weighted by molar-refractivity contribution is -0.117. The second-order valence-corrected chi connectivity index (χ2v) is 9.60. The summed E-state index contributed by atoms with van der Waals surface area (Å²) in [4.78, 5) is 33.8. The Morgan fingerprint density at radius 3 is 2.11 bits per heavy atom. The Morgan fingerprint density at radius 2 is 1.57 bits per heavy atom. The number of anilines is 1. The summed E-state index contributed by atoms with van der Waals surface area (Å²) >= 11 is 1.12. The Labute approximate surface area is 220 Å². The van der Waals surface area contributed by atoms with Gasteiger partial charge in [-0.05, 0) is 29.7 Å². The number of carbonyl (C=O) groups excluding carboxylic acids is 2. The normalized spacial score (nSPS) is 13.9. The highest BCUT2D eigenvalue weighted by atomic mass is 32.2. The summed E-state index contributed by atoms with van der Waals surface area (Å²) in [5.41, 5.74) is 8.31. The fraction of sp³-hybridized carbons (Fsp3) is 0.250. The van der Waals surface area contributed by atoms with E-state index in [0.717, 1.165) is 11.8 Å². The second-order valence-electron chi connectivity index (χ2n) is 8.50. The van der Waals surface area contributed by atoms with E-state index in [1.54, 1.807) is 17.0 Å². The molecular formula is C28H26N6O2S. The molecule has 0 radical (unpaired) electrons. The third-order valence-electron chi connectivity index (χ3n) is 6.30. The first-order valence-corrected chi connectivity index (χ1v) is 12.8. The SMILES string of the molecule is CCc1c(C#N)c(SC(C(N)=O)c2ccccc2)nc(N2CCN(C(=O)c3ccccc3)CC2)c1C#N. The van der Waals surface area contributed by atoms with E-state index in [-0.39, 0.29) is 11.5 Å². The molecule has 3 aromatic rings. The second kappa shape index (κ2) is 11.6. The number of benzene rings is 2. The Balaban J connectivity index is 1.67. The van der Waals surface area contributed by atoms with Gasteiger partial charge in [-0.25, -0.2) is 4.98 Å². The predicted octanol–water partition coefficient (Wildman–Crippen LogP) is 3.67. The van der Waals surface area contributed by atoms with Crippen molar-refractivity contribution in [2.45, 2.75) is 23.6 Å². The van der Waals surface area contributed by atoms with Gasteiger partial charge in [0.1, 0.15) is 28.2 Å². The van der Waals surface area contributed by atoms with Gasteiger partial charge in [0.05, 0.1) is 11.1 Å². The number of primary amides is 1. The Kier molecular flexibility index (Phi) is 8.07. The monoisotopic (exact) mass is 510 g/mol. The number of nitrogens with two attached hydrogens (primary N) is 1. The van der Waals surface area contributed by atoms with E-state index in [4.69, 9.17) is 10.7 Å². The van der Waals surface area contributed by atoms with Gasteiger partial charge in [-0.3, -0.25) is 9.59 Å². The minimum atomic E-state index is -0.744. The molecule has 186 valence electrons. The number of aromatic nitrogens is 1. The zero-order valence-electron chi connectivity index (χ0n) is 20.4. The first-order valence-electron chi connectivity index (χ1n) is 12.0. The van der Waals surface area contributed by atoms with Crippen LogP contribution < -0.4 is 10.6 Å². The van der Waals surface area contributed by atoms with Crippen LogP contribution in [0.5, 0.6) is 0 Å². The van der Waals surface area contributed by atoms with Crippen molar-refractivity contribution in [1.82, 2.24) is 9.88 Å². The molecule has 0 spiro atoms. The minimum Gasteiger partial charge on any atom is -0.368 e. The van der Waals surface area contributed by atoms with Gasteiger partial charge in [0, 0.05) is 31.7 Å². The molecule has 2 N–H and O–H groups in total. The van der Waals surface area contributed by atoms with E-state index in [1.165, 1.54) is 0 Å². The largest absolute Gasteiger partial charge is 0.368 e. The van der Waals surface area contributed by atoms with Gasteiger partial charge in [-0.1, -0.05) is 67.2 Å². The average Bonchev–Trinajstić information content (AvgIpc) is 2.95. The van der Waals surface area contributed by atoms with E-state index in [9.17, 15) is 20.1 Å². The molecular weight excluding hydrogens is 484 g/mol. The first kappa shape index (κ1) is 25.7. The Morgan fingerprint density at radius 1 is 0.973 bits per heavy atom. The molecule has 1 aliphatic heterocycles. The van der Waals surface area contributed by atoms with E-state index in [0.29, 0.717) is 65.7 Å². The van der Waals surface area contributed by atoms with E-state index < -0.39 is 11.2 Å². The average molecular weight is 511 g/mol. The third-order valence-corrected chi connectivity index (χ3v) is 7.56. The zero-order chi connectivity index (χ0) is 26.4. The number of piperazine rings is 1. The molecule has 2 heterocycles. The van der Waals surface area contributed by atoms with Crippen LogP contribution in [0.25, 0.3) is 0 Å². The number of thioether (sulfide) groups is 1. The third kappa shape index (κ3) is 5.42. The predicted molar refractivity (Wildman–Crippen MR) is 142 cm³/mol. The highest BCUT2D eigenvalue weighted by Crippen LogP contribution is 2.39. The lowest BCUT2D eigenvalue weighted by Crippen LogP contribution is -2.49. The number of carbonyl (C=O) groups is 2. The van der Waals surface area contributed by atoms with Gasteiger partial charge >= 0.3 is 0 Å². The van der Waals surface area contributed by atoms with Crippen molar-refractivity contribution in [2.75, 3.05) is 31.1 Å². The Hall–Kier alpha value is -4.34. The Bertz CT molecular complexity index is 1370. The molecule has 1 saturated heterocycles. The molecule has 1 aromatic heterocycles. The summed E-state index contributed by atoms with van der Waals surface area (Å²) in [5.74, 6) is -0.117. The van der Waals surface area contributed by atoms with Crippen molar-refractivity contribution < 1.29 is 9.59 Å². The molecule has 0 saturated carbocycles. The fourth-order valence-corrected chi connectivity index (χ4v) is 5.47. The molecule has 1 atom stereocenters. The highest BCUT2D eigenvalue weighted by molar-refractivity contribution is 8.00. The zero-order valence-corrected chi connectivity index (χ0v) is 21.2. The summed E-state index contributed by atoms with van der Waals surface area (Å²) in [6.07, 6.45) is 0.452. The van der Waals surface area contributed by atoms with E-state index in [1.807, 2.05) is 60.4 Å². The summed E-state index contributed by atoms with van der Waals surface area (Å²) in [5, 5.41) is 19.6. The lowest BCUT2D eigenvalue weighted by atomic mass is 10.0. The van der Waals surface area contributed by atoms with Crippen LogP contribution in [0.3, 0.4) is 0 Å². The molecule has 9 heteroatoms. The van der Waals surface area contributed by atoms with Crippen LogP contribution in [0.2, 0.25) is 0 Å². The molecule has 0 aliphatic carbocycles. The summed E-state index contributed by atoms with van der Waals surface area (Å²) in [6.45, 7) is 3.79. The molecule has 1 unspecified atom stereocenters. The van der Waals surface area contributed by atoms with Crippen LogP contribution in [0.4, 0.5) is 5.82 Å². The molecule has 4 rings (SSSR count). The number of nitrogens with zero attached hydrogens (tertiary/aromatic N) is 5. The smallest absolute Gasteiger partial charge is 0.253 e. The van der Waals surface area contributed by atoms with Crippen LogP contribution in [0.15, 0.2) is 65.7 Å². The summed E-state index contributed by atoms with van der Waals surface area (Å²) in [6, 6.07) is 22.7. The van der Waals surface area contributed by atoms with Gasteiger partial charge in [0.15, 0.2) is 0 Å². The molecule has 2 aromatic carbocycles. The summed E-state index contributed by atoms with van der Waals surface area (Å²) < 4.78 is 0. The minimum absolute atomic E-state index is 0.0359. The fourth-order valence-electron chi connectivity index (χ4n) is 4.41. The first-order chi connectivity index (χ1) is 18.0. The van der Waals surface area contributed by atoms with Crippen LogP contribution in [-0.4, -0.2) is 47.9 Å². The van der Waals surface area contributed by atoms with Gasteiger partial charge in [-0.2, -0.15) is 10.5 Å². The van der Waals surface area contributed by atoms with Crippen molar-refractivity contribution >= 4 is 29.4 Å². The van der Waals surface area contributed by atoms with Crippen LogP contribution in [0.1, 0.15) is 44.8 Å². The topological polar surface area (TPSA) is 127 Å². The summed E-state index contributed by atoms with van der Waals surface area (Å²) in [7, 11) is 0. The van der Waals surface area contributed by atoms with Crippen molar-refractivity contribution in [1.29, 1.82) is 10.5 Å². The molecule has 2 amide bonds. The number of hydrogen-bond acceptors (Lipinski definition) is 7. The van der Waals surface area contributed by atoms with E-state index in [2.05, 4.69) is 12.1 Å². The van der Waals surface area contributed by atoms with Gasteiger partial charge in [0.25, 0.3) is 5.91 Å². The van der Waals surface area contributed by atoms with Gasteiger partial charge in [-0.15, -0.1) is 0 Å². The highest BCUT2D eigenvalue weighted by Gasteiger charge is 2.29. The number of hydrogen-bond donors (Lipinski definition) is 1. The number of pyridine rings is 1. The van der Waals surface area contributed by atoms with Crippen molar-refractivity contribution in [3.63, 3.8) is 0 Å². The lowest BCUT2D eigenvalue weighted by Gasteiger charge is -2.36. The maximum Gasteiger partial charge on any atom is 0.253 e. The van der Waals surface area contributed by atoms with Crippen molar-refractivity contribution in [2.24, 2.45) is 5.73 Å². The van der Waals surface area contributed by atoms with Gasteiger partial charge in [0.2, 0.25) is 5.91 Å². The van der Waals surface area contributed by atoms with Crippen LogP contribution >= 0.6 is 11.8 Å². The molecule has 0 bridgehead atoms. The molecule has 8 nitrogen and oxygen atoms in total. The maximum atomic E-state index is 12.9. The van der Waals surface area contributed by atoms with Crippen molar-refractivity contribution in [3.8, 4) is 12.1 Å². The van der Waals surface area contributed by atoms with E-state index >= 15 is 0 Å². The number of amides is 2. The molecule has 37 heavy (non-hydrogen) atoms. The quantitative estimate of drug-likeness (QED) is 0.481. The van der Waals surface area contributed by atoms with Crippen LogP contribution in [-0.2, 0) is 11.2 Å². The molecule has 1 fully saturated rings. The standard InChI is InChI=1S/C28H26N6O2S/c1-2-21-22(17-29)26(33-13-15-34(16-14-33)28(36)20-11-7-4-8-12-20)32-27(23(21)18-30)37-24(25(31)35)19-9-5-3-6-10-19/h3-12,24H,2,13-16H2,1H3,(H2,31,35). The number of rotatable bonds is 7. The van der Waals surface area contributed by atoms with Gasteiger partial charge < -0.3 is 15.5 Å². The number of nitriles is 2. The maximum absolute atomic E-state index is 12.9. The van der Waals surface area contributed by atoms with Crippen LogP contribution in [0, 0.1) is 22.7 Å². The molecule has 1 aliphatic rings.